The highest BCUT2D eigenvalue weighted by Crippen LogP contribution is 2.57. The Hall–Kier alpha value is -0.850. The van der Waals surface area contributed by atoms with Crippen molar-refractivity contribution >= 4 is 6.21 Å². The molecule has 2 aliphatic carbocycles. The Kier molecular flexibility index (Phi) is 8.75. The summed E-state index contributed by atoms with van der Waals surface area (Å²) in [4.78, 5) is 4.50. The monoisotopic (exact) mass is 303 g/mol. The lowest BCUT2D eigenvalue weighted by molar-refractivity contribution is 0.341. The van der Waals surface area contributed by atoms with Crippen LogP contribution < -0.4 is 0 Å². The second-order valence-corrected chi connectivity index (χ2v) is 6.85. The van der Waals surface area contributed by atoms with Crippen LogP contribution in [0.1, 0.15) is 86.0 Å². The zero-order valence-electron chi connectivity index (χ0n) is 15.6. The molecule has 1 heteroatoms. The molecule has 0 amide bonds. The molecular weight excluding hydrogens is 266 g/mol. The van der Waals surface area contributed by atoms with Crippen LogP contribution in [0.3, 0.4) is 0 Å². The van der Waals surface area contributed by atoms with Crippen LogP contribution in [0.5, 0.6) is 0 Å². The third-order valence-electron chi connectivity index (χ3n) is 5.18. The second-order valence-electron chi connectivity index (χ2n) is 6.85. The van der Waals surface area contributed by atoms with Gasteiger partial charge in [0.25, 0.3) is 0 Å². The molecule has 2 saturated carbocycles. The van der Waals surface area contributed by atoms with E-state index in [1.165, 1.54) is 57.1 Å². The van der Waals surface area contributed by atoms with E-state index in [9.17, 15) is 0 Å². The summed E-state index contributed by atoms with van der Waals surface area (Å²) in [7, 11) is 0. The molecule has 0 saturated heterocycles. The van der Waals surface area contributed by atoms with E-state index in [4.69, 9.17) is 0 Å². The zero-order chi connectivity index (χ0) is 16.4. The number of allylic oxidation sites excluding steroid dienone is 4. The van der Waals surface area contributed by atoms with Crippen LogP contribution in [0.25, 0.3) is 0 Å². The summed E-state index contributed by atoms with van der Waals surface area (Å²) < 4.78 is 0. The van der Waals surface area contributed by atoms with Gasteiger partial charge in [0.1, 0.15) is 0 Å². The van der Waals surface area contributed by atoms with Gasteiger partial charge in [-0.05, 0) is 44.4 Å². The second kappa shape index (κ2) is 10.0. The SMILES string of the molecule is CC.CC=N/C(=C\C)[C@H]1CC1(C)/C=C/CCC1CCCCC1. The van der Waals surface area contributed by atoms with Crippen molar-refractivity contribution in [2.45, 2.75) is 86.0 Å². The molecule has 2 atom stereocenters. The molecule has 126 valence electrons. The first-order valence-corrected chi connectivity index (χ1v) is 9.52. The average molecular weight is 304 g/mol. The molecule has 0 aromatic heterocycles. The minimum Gasteiger partial charge on any atom is -0.266 e. The van der Waals surface area contributed by atoms with Crippen molar-refractivity contribution in [2.75, 3.05) is 0 Å². The van der Waals surface area contributed by atoms with Gasteiger partial charge >= 0.3 is 0 Å². The summed E-state index contributed by atoms with van der Waals surface area (Å²) in [6.45, 7) is 10.5. The molecule has 1 nitrogen and oxygen atoms in total. The van der Waals surface area contributed by atoms with Crippen molar-refractivity contribution < 1.29 is 0 Å². The minimum atomic E-state index is 0.376. The Balaban J connectivity index is 0.00000116. The Morgan fingerprint density at radius 3 is 2.41 bits per heavy atom. The van der Waals surface area contributed by atoms with Gasteiger partial charge in [-0.1, -0.05) is 71.1 Å². The van der Waals surface area contributed by atoms with Gasteiger partial charge in [-0.25, -0.2) is 0 Å². The topological polar surface area (TPSA) is 12.4 Å². The average Bonchev–Trinajstić information content (AvgIpc) is 3.24. The zero-order valence-corrected chi connectivity index (χ0v) is 15.6. The highest BCUT2D eigenvalue weighted by atomic mass is 14.8. The molecule has 2 rings (SSSR count). The molecule has 22 heavy (non-hydrogen) atoms. The van der Waals surface area contributed by atoms with Gasteiger partial charge in [0.05, 0.1) is 0 Å². The maximum atomic E-state index is 4.50. The molecule has 0 radical (unpaired) electrons. The smallest absolute Gasteiger partial charge is 0.0396 e. The molecular formula is C21H37N. The van der Waals surface area contributed by atoms with Crippen molar-refractivity contribution in [1.29, 1.82) is 0 Å². The van der Waals surface area contributed by atoms with Crippen molar-refractivity contribution in [3.8, 4) is 0 Å². The van der Waals surface area contributed by atoms with Gasteiger partial charge in [-0.15, -0.1) is 0 Å². The lowest BCUT2D eigenvalue weighted by atomic mass is 9.86. The van der Waals surface area contributed by atoms with E-state index in [-0.39, 0.29) is 0 Å². The fraction of sp³-hybridized carbons (Fsp3) is 0.762. The van der Waals surface area contributed by atoms with Crippen LogP contribution in [0.15, 0.2) is 28.9 Å². The molecule has 1 unspecified atom stereocenters. The van der Waals surface area contributed by atoms with Crippen LogP contribution in [-0.4, -0.2) is 6.21 Å². The summed E-state index contributed by atoms with van der Waals surface area (Å²) in [6, 6.07) is 0. The first kappa shape index (κ1) is 19.2. The van der Waals surface area contributed by atoms with Gasteiger partial charge in [-0.3, -0.25) is 4.99 Å². The van der Waals surface area contributed by atoms with Crippen molar-refractivity contribution in [1.82, 2.24) is 0 Å². The lowest BCUT2D eigenvalue weighted by Gasteiger charge is -2.20. The standard InChI is InChI=1S/C19H31N.C2H6/c1-4-18(20-5-2)17-15-19(17,3)14-10-9-13-16-11-7-6-8-12-16;1-2/h4-5,10,14,16-17H,6-9,11-13,15H2,1-3H3;1-2H3/b14-10+,18-4-,20-5?;/t17-,19?;/m1./s1. The Morgan fingerprint density at radius 2 is 1.82 bits per heavy atom. The number of hydrogen-bond donors (Lipinski definition) is 0. The molecule has 0 aliphatic heterocycles. The van der Waals surface area contributed by atoms with Crippen molar-refractivity contribution in [3.05, 3.63) is 23.9 Å². The Morgan fingerprint density at radius 1 is 1.14 bits per heavy atom. The van der Waals surface area contributed by atoms with Crippen molar-refractivity contribution in [2.24, 2.45) is 22.2 Å². The van der Waals surface area contributed by atoms with Gasteiger partial charge in [0, 0.05) is 17.8 Å². The van der Waals surface area contributed by atoms with E-state index in [0.29, 0.717) is 11.3 Å². The largest absolute Gasteiger partial charge is 0.266 e. The summed E-state index contributed by atoms with van der Waals surface area (Å²) >= 11 is 0. The Labute approximate surface area is 139 Å². The quantitative estimate of drug-likeness (QED) is 0.372. The van der Waals surface area contributed by atoms with Crippen LogP contribution >= 0.6 is 0 Å². The van der Waals surface area contributed by atoms with Crippen LogP contribution in [-0.2, 0) is 0 Å². The number of aliphatic imine (C=N–C) groups is 1. The van der Waals surface area contributed by atoms with E-state index in [2.05, 4.69) is 37.1 Å². The molecule has 0 bridgehead atoms. The van der Waals surface area contributed by atoms with Gasteiger partial charge < -0.3 is 0 Å². The molecule has 0 N–H and O–H groups in total. The van der Waals surface area contributed by atoms with Gasteiger partial charge in [0.15, 0.2) is 0 Å². The molecule has 2 fully saturated rings. The summed E-state index contributed by atoms with van der Waals surface area (Å²) in [5.41, 5.74) is 1.65. The molecule has 0 heterocycles. The summed E-state index contributed by atoms with van der Waals surface area (Å²) in [5.74, 6) is 1.65. The molecule has 0 aromatic rings. The fourth-order valence-corrected chi connectivity index (χ4v) is 3.68. The molecule has 2 aliphatic rings. The molecule has 0 spiro atoms. The normalized spacial score (nSPS) is 29.7. The van der Waals surface area contributed by atoms with E-state index in [0.717, 1.165) is 5.92 Å². The van der Waals surface area contributed by atoms with Gasteiger partial charge in [-0.2, -0.15) is 0 Å². The summed E-state index contributed by atoms with van der Waals surface area (Å²) in [6.07, 6.45) is 20.3. The number of rotatable bonds is 6. The maximum Gasteiger partial charge on any atom is 0.0396 e. The summed E-state index contributed by atoms with van der Waals surface area (Å²) in [5, 5.41) is 0. The third kappa shape index (κ3) is 5.74. The lowest BCUT2D eigenvalue weighted by Crippen LogP contribution is -2.05. The maximum absolute atomic E-state index is 4.50. The van der Waals surface area contributed by atoms with Gasteiger partial charge in [0.2, 0.25) is 0 Å². The van der Waals surface area contributed by atoms with Crippen LogP contribution in [0, 0.1) is 17.3 Å². The first-order chi connectivity index (χ1) is 10.7. The fourth-order valence-electron chi connectivity index (χ4n) is 3.68. The minimum absolute atomic E-state index is 0.376. The third-order valence-corrected chi connectivity index (χ3v) is 5.18. The predicted molar refractivity (Wildman–Crippen MR) is 100 cm³/mol. The van der Waals surface area contributed by atoms with E-state index >= 15 is 0 Å². The first-order valence-electron chi connectivity index (χ1n) is 9.52. The number of hydrogen-bond acceptors (Lipinski definition) is 1. The van der Waals surface area contributed by atoms with Crippen LogP contribution in [0.2, 0.25) is 0 Å². The number of nitrogens with zero attached hydrogens (tertiary/aromatic N) is 1. The van der Waals surface area contributed by atoms with E-state index < -0.39 is 0 Å². The molecule has 0 aromatic carbocycles. The van der Waals surface area contributed by atoms with Crippen LogP contribution in [0.4, 0.5) is 0 Å². The Bertz CT molecular complexity index is 385. The highest BCUT2D eigenvalue weighted by Gasteiger charge is 2.49. The van der Waals surface area contributed by atoms with E-state index in [1.807, 2.05) is 27.0 Å². The highest BCUT2D eigenvalue weighted by molar-refractivity contribution is 5.56. The van der Waals surface area contributed by atoms with Crippen molar-refractivity contribution in [3.63, 3.8) is 0 Å². The van der Waals surface area contributed by atoms with E-state index in [1.54, 1.807) is 0 Å². The predicted octanol–water partition coefficient (Wildman–Crippen LogP) is 6.95.